The van der Waals surface area contributed by atoms with Crippen molar-refractivity contribution in [2.45, 2.75) is 19.8 Å². The van der Waals surface area contributed by atoms with Gasteiger partial charge < -0.3 is 5.11 Å². The second kappa shape index (κ2) is 5.81. The predicted octanol–water partition coefficient (Wildman–Crippen LogP) is 4.88. The van der Waals surface area contributed by atoms with Crippen molar-refractivity contribution in [3.05, 3.63) is 51.6 Å². The minimum absolute atomic E-state index is 0.0174. The Morgan fingerprint density at radius 3 is 2.40 bits per heavy atom. The molecule has 0 bridgehead atoms. The van der Waals surface area contributed by atoms with Gasteiger partial charge in [-0.05, 0) is 30.2 Å². The molecule has 0 unspecified atom stereocenters. The molecule has 0 aliphatic rings. The molecule has 0 saturated heterocycles. The van der Waals surface area contributed by atoms with Crippen LogP contribution in [0.25, 0.3) is 11.3 Å². The van der Waals surface area contributed by atoms with Gasteiger partial charge in [-0.15, -0.1) is 0 Å². The summed E-state index contributed by atoms with van der Waals surface area (Å²) in [5, 5.41) is 10.1. The van der Waals surface area contributed by atoms with E-state index in [-0.39, 0.29) is 11.5 Å². The van der Waals surface area contributed by atoms with E-state index in [1.54, 1.807) is 30.3 Å². The summed E-state index contributed by atoms with van der Waals surface area (Å²) in [7, 11) is 0. The Balaban J connectivity index is 2.55. The van der Waals surface area contributed by atoms with E-state index >= 15 is 0 Å². The van der Waals surface area contributed by atoms with Gasteiger partial charge in [-0.2, -0.15) is 0 Å². The van der Waals surface area contributed by atoms with Crippen LogP contribution in [0.5, 0.6) is 0 Å². The van der Waals surface area contributed by atoms with Gasteiger partial charge >= 0.3 is 5.97 Å². The first kappa shape index (κ1) is 14.8. The van der Waals surface area contributed by atoms with Crippen LogP contribution in [-0.2, 0) is 0 Å². The number of hydrogen-bond acceptors (Lipinski definition) is 2. The highest BCUT2D eigenvalue weighted by molar-refractivity contribution is 6.42. The number of hydrogen-bond donors (Lipinski definition) is 1. The topological polar surface area (TPSA) is 50.2 Å². The molecular formula is C15H13Cl2NO2. The molecule has 1 heterocycles. The summed E-state index contributed by atoms with van der Waals surface area (Å²) < 4.78 is 0. The SMILES string of the molecule is CC(C)c1nc(-c2ccc(Cl)c(Cl)c2)ccc1C(=O)O. The van der Waals surface area contributed by atoms with Crippen molar-refractivity contribution in [3.8, 4) is 11.3 Å². The summed E-state index contributed by atoms with van der Waals surface area (Å²) in [6.07, 6.45) is 0. The van der Waals surface area contributed by atoms with Crippen molar-refractivity contribution in [2.75, 3.05) is 0 Å². The maximum atomic E-state index is 11.2. The lowest BCUT2D eigenvalue weighted by molar-refractivity contribution is 0.0694. The first-order chi connectivity index (χ1) is 9.40. The van der Waals surface area contributed by atoms with Gasteiger partial charge in [0, 0.05) is 5.56 Å². The Bertz CT molecular complexity index is 669. The summed E-state index contributed by atoms with van der Waals surface area (Å²) in [4.78, 5) is 15.6. The van der Waals surface area contributed by atoms with Gasteiger partial charge in [0.25, 0.3) is 0 Å². The second-order valence-electron chi connectivity index (χ2n) is 4.72. The number of aromatic carboxylic acids is 1. The molecule has 0 aliphatic carbocycles. The van der Waals surface area contributed by atoms with E-state index in [4.69, 9.17) is 23.2 Å². The Labute approximate surface area is 127 Å². The van der Waals surface area contributed by atoms with Crippen LogP contribution >= 0.6 is 23.2 Å². The van der Waals surface area contributed by atoms with Crippen LogP contribution in [0.2, 0.25) is 10.0 Å². The fourth-order valence-electron chi connectivity index (χ4n) is 1.91. The van der Waals surface area contributed by atoms with E-state index in [1.165, 1.54) is 0 Å². The van der Waals surface area contributed by atoms with E-state index in [0.29, 0.717) is 21.4 Å². The quantitative estimate of drug-likeness (QED) is 0.879. The standard InChI is InChI=1S/C15H13Cl2NO2/c1-8(2)14-10(15(19)20)4-6-13(18-14)9-3-5-11(16)12(17)7-9/h3-8H,1-2H3,(H,19,20). The van der Waals surface area contributed by atoms with Crippen molar-refractivity contribution in [1.82, 2.24) is 4.98 Å². The zero-order chi connectivity index (χ0) is 14.9. The van der Waals surface area contributed by atoms with E-state index in [2.05, 4.69) is 4.98 Å². The third-order valence-corrected chi connectivity index (χ3v) is 3.66. The lowest BCUT2D eigenvalue weighted by atomic mass is 10.0. The second-order valence-corrected chi connectivity index (χ2v) is 5.53. The molecule has 2 aromatic rings. The molecule has 3 nitrogen and oxygen atoms in total. The fourth-order valence-corrected chi connectivity index (χ4v) is 2.21. The van der Waals surface area contributed by atoms with Crippen LogP contribution in [0, 0.1) is 0 Å². The monoisotopic (exact) mass is 309 g/mol. The molecule has 1 aromatic carbocycles. The Hall–Kier alpha value is -1.58. The minimum atomic E-state index is -0.970. The highest BCUT2D eigenvalue weighted by Gasteiger charge is 2.16. The Morgan fingerprint density at radius 2 is 1.85 bits per heavy atom. The van der Waals surface area contributed by atoms with Gasteiger partial charge in [0.2, 0.25) is 0 Å². The predicted molar refractivity (Wildman–Crippen MR) is 80.7 cm³/mol. The Kier molecular flexibility index (Phi) is 4.31. The molecular weight excluding hydrogens is 297 g/mol. The van der Waals surface area contributed by atoms with Crippen molar-refractivity contribution in [2.24, 2.45) is 0 Å². The Morgan fingerprint density at radius 1 is 1.15 bits per heavy atom. The van der Waals surface area contributed by atoms with Gasteiger partial charge in [0.05, 0.1) is 27.0 Å². The zero-order valence-corrected chi connectivity index (χ0v) is 12.5. The number of carbonyl (C=O) groups is 1. The van der Waals surface area contributed by atoms with Crippen LogP contribution < -0.4 is 0 Å². The molecule has 104 valence electrons. The van der Waals surface area contributed by atoms with E-state index in [9.17, 15) is 9.90 Å². The molecule has 0 radical (unpaired) electrons. The van der Waals surface area contributed by atoms with Gasteiger partial charge in [0.15, 0.2) is 0 Å². The summed E-state index contributed by atoms with van der Waals surface area (Å²) in [6.45, 7) is 3.82. The molecule has 5 heteroatoms. The third kappa shape index (κ3) is 2.94. The van der Waals surface area contributed by atoms with E-state index < -0.39 is 5.97 Å². The van der Waals surface area contributed by atoms with E-state index in [1.807, 2.05) is 13.8 Å². The van der Waals surface area contributed by atoms with Crippen LogP contribution in [0.4, 0.5) is 0 Å². The zero-order valence-electron chi connectivity index (χ0n) is 11.0. The fraction of sp³-hybridized carbons (Fsp3) is 0.200. The van der Waals surface area contributed by atoms with E-state index in [0.717, 1.165) is 5.56 Å². The largest absolute Gasteiger partial charge is 0.478 e. The maximum absolute atomic E-state index is 11.2. The van der Waals surface area contributed by atoms with Crippen molar-refractivity contribution >= 4 is 29.2 Å². The molecule has 0 aliphatic heterocycles. The number of aromatic nitrogens is 1. The lowest BCUT2D eigenvalue weighted by Gasteiger charge is -2.11. The molecule has 2 rings (SSSR count). The molecule has 20 heavy (non-hydrogen) atoms. The summed E-state index contributed by atoms with van der Waals surface area (Å²) in [5.41, 5.74) is 2.26. The normalized spacial score (nSPS) is 10.8. The first-order valence-electron chi connectivity index (χ1n) is 6.10. The number of halogens is 2. The molecule has 0 atom stereocenters. The average molecular weight is 310 g/mol. The van der Waals surface area contributed by atoms with Gasteiger partial charge in [-0.25, -0.2) is 4.79 Å². The number of rotatable bonds is 3. The van der Waals surface area contributed by atoms with Gasteiger partial charge in [-0.1, -0.05) is 43.1 Å². The number of carboxylic acid groups (broad SMARTS) is 1. The minimum Gasteiger partial charge on any atom is -0.478 e. The molecule has 1 aromatic heterocycles. The number of benzene rings is 1. The van der Waals surface area contributed by atoms with Gasteiger partial charge in [0.1, 0.15) is 0 Å². The van der Waals surface area contributed by atoms with Crippen molar-refractivity contribution in [1.29, 1.82) is 0 Å². The molecule has 1 N–H and O–H groups in total. The highest BCUT2D eigenvalue weighted by atomic mass is 35.5. The van der Waals surface area contributed by atoms with Gasteiger partial charge in [-0.3, -0.25) is 4.98 Å². The molecule has 0 spiro atoms. The summed E-state index contributed by atoms with van der Waals surface area (Å²) in [5.74, 6) is -0.953. The number of nitrogens with zero attached hydrogens (tertiary/aromatic N) is 1. The molecule has 0 saturated carbocycles. The maximum Gasteiger partial charge on any atom is 0.337 e. The third-order valence-electron chi connectivity index (χ3n) is 2.92. The summed E-state index contributed by atoms with van der Waals surface area (Å²) in [6, 6.07) is 8.47. The molecule has 0 amide bonds. The highest BCUT2D eigenvalue weighted by Crippen LogP contribution is 2.29. The number of carboxylic acids is 1. The first-order valence-corrected chi connectivity index (χ1v) is 6.85. The smallest absolute Gasteiger partial charge is 0.337 e. The van der Waals surface area contributed by atoms with Crippen molar-refractivity contribution in [3.63, 3.8) is 0 Å². The van der Waals surface area contributed by atoms with Crippen LogP contribution in [0.1, 0.15) is 35.8 Å². The number of pyridine rings is 1. The van der Waals surface area contributed by atoms with Crippen molar-refractivity contribution < 1.29 is 9.90 Å². The molecule has 0 fully saturated rings. The average Bonchev–Trinajstić information content (AvgIpc) is 2.41. The lowest BCUT2D eigenvalue weighted by Crippen LogP contribution is -2.07. The van der Waals surface area contributed by atoms with Crippen LogP contribution in [-0.4, -0.2) is 16.1 Å². The van der Waals surface area contributed by atoms with Crippen LogP contribution in [0.3, 0.4) is 0 Å². The van der Waals surface area contributed by atoms with Crippen LogP contribution in [0.15, 0.2) is 30.3 Å². The summed E-state index contributed by atoms with van der Waals surface area (Å²) >= 11 is 11.9.